The molecule has 0 aliphatic rings. The van der Waals surface area contributed by atoms with Gasteiger partial charge < -0.3 is 0 Å². The fraction of sp³-hybridized carbons (Fsp3) is 0.735. The maximum absolute atomic E-state index is 2.53. The van der Waals surface area contributed by atoms with Crippen LogP contribution in [0.15, 0.2) is 42.7 Å². The van der Waals surface area contributed by atoms with Gasteiger partial charge in [-0.2, -0.15) is 0 Å². The highest BCUT2D eigenvalue weighted by Gasteiger charge is 2.16. The van der Waals surface area contributed by atoms with Crippen LogP contribution in [0.1, 0.15) is 147 Å². The minimum atomic E-state index is 1.14. The van der Waals surface area contributed by atoms with Crippen LogP contribution in [0.4, 0.5) is 0 Å². The molecule has 2 aromatic rings. The Hall–Kier alpha value is -1.57. The van der Waals surface area contributed by atoms with Gasteiger partial charge in [0.15, 0.2) is 0 Å². The lowest BCUT2D eigenvalue weighted by molar-refractivity contribution is -0.703. The van der Waals surface area contributed by atoms with E-state index in [4.69, 9.17) is 0 Å². The molecule has 0 atom stereocenters. The monoisotopic (exact) mass is 495 g/mol. The summed E-state index contributed by atoms with van der Waals surface area (Å²) in [5, 5.41) is 0. The Labute approximate surface area is 224 Å². The van der Waals surface area contributed by atoms with Crippen molar-refractivity contribution >= 4 is 0 Å². The molecule has 0 aliphatic carbocycles. The zero-order valence-corrected chi connectivity index (χ0v) is 24.2. The van der Waals surface area contributed by atoms with Crippen LogP contribution in [-0.4, -0.2) is 4.57 Å². The third-order valence-electron chi connectivity index (χ3n) is 7.77. The highest BCUT2D eigenvalue weighted by molar-refractivity contribution is 5.14. The lowest BCUT2D eigenvalue weighted by Gasteiger charge is -2.06. The zero-order valence-electron chi connectivity index (χ0n) is 24.2. The Kier molecular flexibility index (Phi) is 18.3. The first-order valence-electron chi connectivity index (χ1n) is 16.0. The van der Waals surface area contributed by atoms with Gasteiger partial charge in [0.2, 0.25) is 0 Å². The third-order valence-corrected chi connectivity index (χ3v) is 7.77. The summed E-state index contributed by atoms with van der Waals surface area (Å²) in [5.41, 5.74) is 1.46. The van der Waals surface area contributed by atoms with E-state index in [0.717, 1.165) is 13.1 Å². The second kappa shape index (κ2) is 21.5. The molecule has 0 fully saturated rings. The second-order valence-corrected chi connectivity index (χ2v) is 11.1. The summed E-state index contributed by atoms with van der Waals surface area (Å²) in [4.78, 5) is 0. The average molecular weight is 496 g/mol. The minimum Gasteiger partial charge on any atom is -0.234 e. The Bertz CT molecular complexity index is 733. The van der Waals surface area contributed by atoms with Crippen LogP contribution in [0.5, 0.6) is 0 Å². The fourth-order valence-corrected chi connectivity index (χ4v) is 5.54. The van der Waals surface area contributed by atoms with Crippen LogP contribution in [0, 0.1) is 0 Å². The summed E-state index contributed by atoms with van der Waals surface area (Å²) < 4.78 is 5.04. The van der Waals surface area contributed by atoms with E-state index in [1.165, 1.54) is 140 Å². The van der Waals surface area contributed by atoms with Crippen molar-refractivity contribution in [2.24, 2.45) is 0 Å². The standard InChI is InChI=1S/C34H59N2/c1-3-5-6-7-8-9-10-11-12-13-14-15-16-17-18-19-23-28-34-35(29-4-2)31-32-36(34)30-24-27-33-25-21-20-22-26-33/h20-22,25-26,31-32H,3-19,23-24,27-30H2,1-2H3/q+1. The first-order chi connectivity index (χ1) is 17.8. The summed E-state index contributed by atoms with van der Waals surface area (Å²) in [5.74, 6) is 1.55. The van der Waals surface area contributed by atoms with Crippen LogP contribution in [0.25, 0.3) is 0 Å². The summed E-state index contributed by atoms with van der Waals surface area (Å²) in [6.45, 7) is 6.89. The zero-order chi connectivity index (χ0) is 25.5. The van der Waals surface area contributed by atoms with Gasteiger partial charge in [-0.05, 0) is 31.2 Å². The molecule has 204 valence electrons. The number of aromatic nitrogens is 2. The average Bonchev–Trinajstić information content (AvgIpc) is 3.28. The van der Waals surface area contributed by atoms with Gasteiger partial charge in [-0.1, -0.05) is 147 Å². The van der Waals surface area contributed by atoms with E-state index in [9.17, 15) is 0 Å². The molecule has 2 rings (SSSR count). The molecule has 0 N–H and O–H groups in total. The molecule has 0 bridgehead atoms. The third kappa shape index (κ3) is 14.2. The molecule has 0 saturated heterocycles. The van der Waals surface area contributed by atoms with Gasteiger partial charge in [0.25, 0.3) is 5.82 Å². The number of hydrogen-bond acceptors (Lipinski definition) is 0. The first kappa shape index (κ1) is 30.7. The Balaban J connectivity index is 1.48. The van der Waals surface area contributed by atoms with Gasteiger partial charge in [-0.25, -0.2) is 9.13 Å². The molecular formula is C34H59N2+. The molecule has 0 spiro atoms. The van der Waals surface area contributed by atoms with Crippen molar-refractivity contribution < 1.29 is 4.57 Å². The van der Waals surface area contributed by atoms with E-state index in [2.05, 4.69) is 65.7 Å². The van der Waals surface area contributed by atoms with E-state index in [1.54, 1.807) is 5.82 Å². The van der Waals surface area contributed by atoms with E-state index < -0.39 is 0 Å². The van der Waals surface area contributed by atoms with Gasteiger partial charge in [0.1, 0.15) is 12.4 Å². The van der Waals surface area contributed by atoms with E-state index in [-0.39, 0.29) is 0 Å². The second-order valence-electron chi connectivity index (χ2n) is 11.1. The molecule has 36 heavy (non-hydrogen) atoms. The van der Waals surface area contributed by atoms with Gasteiger partial charge in [-0.15, -0.1) is 0 Å². The van der Waals surface area contributed by atoms with Gasteiger partial charge in [-0.3, -0.25) is 0 Å². The molecule has 1 aromatic heterocycles. The Morgan fingerprint density at radius 2 is 1.08 bits per heavy atom. The van der Waals surface area contributed by atoms with Crippen molar-refractivity contribution in [3.63, 3.8) is 0 Å². The van der Waals surface area contributed by atoms with Gasteiger partial charge in [0, 0.05) is 6.42 Å². The number of nitrogens with zero attached hydrogens (tertiary/aromatic N) is 2. The van der Waals surface area contributed by atoms with Crippen molar-refractivity contribution in [2.75, 3.05) is 0 Å². The summed E-state index contributed by atoms with van der Waals surface area (Å²) >= 11 is 0. The Morgan fingerprint density at radius 1 is 0.556 bits per heavy atom. The van der Waals surface area contributed by atoms with Gasteiger partial charge >= 0.3 is 0 Å². The van der Waals surface area contributed by atoms with Crippen molar-refractivity contribution in [2.45, 2.75) is 162 Å². The molecule has 0 radical (unpaired) electrons. The van der Waals surface area contributed by atoms with Crippen molar-refractivity contribution in [1.82, 2.24) is 4.57 Å². The number of hydrogen-bond donors (Lipinski definition) is 0. The maximum Gasteiger partial charge on any atom is 0.256 e. The topological polar surface area (TPSA) is 8.81 Å². The summed E-state index contributed by atoms with van der Waals surface area (Å²) in [7, 11) is 0. The van der Waals surface area contributed by atoms with Crippen LogP contribution in [0.2, 0.25) is 0 Å². The lowest BCUT2D eigenvalue weighted by atomic mass is 10.0. The highest BCUT2D eigenvalue weighted by Crippen LogP contribution is 2.15. The van der Waals surface area contributed by atoms with E-state index >= 15 is 0 Å². The quantitative estimate of drug-likeness (QED) is 0.101. The number of aryl methyl sites for hydroxylation is 3. The van der Waals surface area contributed by atoms with Crippen LogP contribution in [0.3, 0.4) is 0 Å². The van der Waals surface area contributed by atoms with Crippen molar-refractivity contribution in [3.8, 4) is 0 Å². The molecule has 0 saturated carbocycles. The number of unbranched alkanes of at least 4 members (excludes halogenated alkanes) is 16. The van der Waals surface area contributed by atoms with Gasteiger partial charge in [0.05, 0.1) is 13.1 Å². The molecular weight excluding hydrogens is 436 g/mol. The largest absolute Gasteiger partial charge is 0.256 e. The molecule has 2 nitrogen and oxygen atoms in total. The normalized spacial score (nSPS) is 11.4. The fourth-order valence-electron chi connectivity index (χ4n) is 5.54. The number of benzene rings is 1. The number of rotatable bonds is 24. The van der Waals surface area contributed by atoms with Crippen LogP contribution >= 0.6 is 0 Å². The van der Waals surface area contributed by atoms with E-state index in [0.29, 0.717) is 0 Å². The smallest absolute Gasteiger partial charge is 0.234 e. The van der Waals surface area contributed by atoms with Crippen molar-refractivity contribution in [3.05, 3.63) is 54.1 Å². The van der Waals surface area contributed by atoms with Crippen molar-refractivity contribution in [1.29, 1.82) is 0 Å². The van der Waals surface area contributed by atoms with Crippen LogP contribution < -0.4 is 4.57 Å². The highest BCUT2D eigenvalue weighted by atomic mass is 15.1. The molecule has 2 heteroatoms. The number of imidazole rings is 1. The predicted molar refractivity (Wildman–Crippen MR) is 158 cm³/mol. The summed E-state index contributed by atoms with van der Waals surface area (Å²) in [6, 6.07) is 10.9. The first-order valence-corrected chi connectivity index (χ1v) is 16.0. The minimum absolute atomic E-state index is 1.14. The molecule has 0 amide bonds. The lowest BCUT2D eigenvalue weighted by Crippen LogP contribution is -2.37. The Morgan fingerprint density at radius 3 is 1.61 bits per heavy atom. The predicted octanol–water partition coefficient (Wildman–Crippen LogP) is 10.0. The SMILES string of the molecule is CCCCCCCCCCCCCCCCCCCc1n(CCCc2ccccc2)cc[n+]1CCC. The molecule has 0 aliphatic heterocycles. The molecule has 0 unspecified atom stereocenters. The summed E-state index contributed by atoms with van der Waals surface area (Å²) in [6.07, 6.45) is 34.0. The maximum atomic E-state index is 2.53. The van der Waals surface area contributed by atoms with E-state index in [1.807, 2.05) is 0 Å². The van der Waals surface area contributed by atoms with Crippen LogP contribution in [-0.2, 0) is 25.9 Å². The molecule has 1 aromatic carbocycles. The molecule has 1 heterocycles.